The molecule has 1 aromatic heterocycles. The summed E-state index contributed by atoms with van der Waals surface area (Å²) in [7, 11) is 0. The Bertz CT molecular complexity index is 566. The molecule has 2 rings (SSSR count). The Morgan fingerprint density at radius 2 is 2.11 bits per heavy atom. The highest BCUT2D eigenvalue weighted by Gasteiger charge is 2.13. The van der Waals surface area contributed by atoms with Gasteiger partial charge in [0.2, 0.25) is 5.88 Å². The summed E-state index contributed by atoms with van der Waals surface area (Å²) >= 11 is 1.38. The van der Waals surface area contributed by atoms with Crippen molar-refractivity contribution in [2.75, 3.05) is 5.32 Å². The molecule has 0 bridgehead atoms. The number of aromatic nitrogens is 1. The van der Waals surface area contributed by atoms with E-state index in [4.69, 9.17) is 0 Å². The lowest BCUT2D eigenvalue weighted by Crippen LogP contribution is -1.93. The van der Waals surface area contributed by atoms with Crippen LogP contribution in [0.2, 0.25) is 0 Å². The fourth-order valence-corrected chi connectivity index (χ4v) is 2.47. The van der Waals surface area contributed by atoms with E-state index in [2.05, 4.69) is 10.3 Å². The molecule has 0 fully saturated rings. The molecule has 18 heavy (non-hydrogen) atoms. The molecule has 5 heteroatoms. The van der Waals surface area contributed by atoms with Gasteiger partial charge in [0.25, 0.3) is 0 Å². The number of rotatable bonds is 3. The van der Waals surface area contributed by atoms with Gasteiger partial charge in [-0.1, -0.05) is 31.3 Å². The van der Waals surface area contributed by atoms with Crippen LogP contribution in [0.15, 0.2) is 18.2 Å². The molecule has 96 valence electrons. The Morgan fingerprint density at radius 1 is 1.39 bits per heavy atom. The average Bonchev–Trinajstić information content (AvgIpc) is 2.65. The van der Waals surface area contributed by atoms with E-state index in [-0.39, 0.29) is 17.6 Å². The molecule has 0 saturated heterocycles. The molecule has 0 unspecified atom stereocenters. The summed E-state index contributed by atoms with van der Waals surface area (Å²) in [6, 6.07) is 4.54. The quantitative estimate of drug-likeness (QED) is 0.876. The summed E-state index contributed by atoms with van der Waals surface area (Å²) in [5, 5.41) is 13.3. The molecule has 1 aromatic carbocycles. The van der Waals surface area contributed by atoms with Gasteiger partial charge in [0.1, 0.15) is 5.82 Å². The molecule has 0 spiro atoms. The van der Waals surface area contributed by atoms with Crippen LogP contribution in [0.5, 0.6) is 5.88 Å². The van der Waals surface area contributed by atoms with Gasteiger partial charge in [0, 0.05) is 5.69 Å². The first-order chi connectivity index (χ1) is 8.47. The third-order valence-corrected chi connectivity index (χ3v) is 3.86. The van der Waals surface area contributed by atoms with Gasteiger partial charge >= 0.3 is 0 Å². The van der Waals surface area contributed by atoms with Crippen LogP contribution in [0.4, 0.5) is 15.2 Å². The molecule has 0 atom stereocenters. The van der Waals surface area contributed by atoms with E-state index < -0.39 is 0 Å². The largest absolute Gasteiger partial charge is 0.492 e. The Balaban J connectivity index is 2.29. The van der Waals surface area contributed by atoms with Crippen molar-refractivity contribution < 1.29 is 9.50 Å². The van der Waals surface area contributed by atoms with Gasteiger partial charge in [-0.15, -0.1) is 0 Å². The van der Waals surface area contributed by atoms with Gasteiger partial charge in [-0.25, -0.2) is 4.39 Å². The molecule has 2 aromatic rings. The van der Waals surface area contributed by atoms with Crippen LogP contribution < -0.4 is 5.32 Å². The lowest BCUT2D eigenvalue weighted by atomic mass is 10.2. The lowest BCUT2D eigenvalue weighted by molar-refractivity contribution is 0.449. The Labute approximate surface area is 109 Å². The van der Waals surface area contributed by atoms with Gasteiger partial charge in [-0.3, -0.25) is 0 Å². The van der Waals surface area contributed by atoms with Crippen LogP contribution >= 0.6 is 11.3 Å². The highest BCUT2D eigenvalue weighted by molar-refractivity contribution is 7.16. The average molecular weight is 266 g/mol. The number of hydrogen-bond donors (Lipinski definition) is 2. The second-order valence-corrected chi connectivity index (χ2v) is 5.48. The summed E-state index contributed by atoms with van der Waals surface area (Å²) in [4.78, 5) is 4.86. The van der Waals surface area contributed by atoms with E-state index in [0.717, 1.165) is 10.4 Å². The van der Waals surface area contributed by atoms with Crippen LogP contribution in [0, 0.1) is 12.7 Å². The molecule has 0 aliphatic carbocycles. The van der Waals surface area contributed by atoms with Gasteiger partial charge in [-0.05, 0) is 30.5 Å². The van der Waals surface area contributed by atoms with Crippen LogP contribution in [-0.2, 0) is 0 Å². The first-order valence-electron chi connectivity index (χ1n) is 5.70. The molecule has 2 N–H and O–H groups in total. The fourth-order valence-electron chi connectivity index (χ4n) is 1.60. The standard InChI is InChI=1S/C13H15FN2OS/c1-7(2)11-12(17)16-13(18-11)15-10-6-9(14)5-4-8(10)3/h4-7,17H,1-3H3,(H,15,16). The first kappa shape index (κ1) is 12.8. The third kappa shape index (κ3) is 2.61. The molecule has 0 saturated carbocycles. The zero-order chi connectivity index (χ0) is 13.3. The van der Waals surface area contributed by atoms with Crippen molar-refractivity contribution in [2.45, 2.75) is 26.7 Å². The molecule has 0 radical (unpaired) electrons. The number of aromatic hydroxyl groups is 1. The number of anilines is 2. The Kier molecular flexibility index (Phi) is 3.52. The van der Waals surface area contributed by atoms with E-state index in [0.29, 0.717) is 10.8 Å². The number of benzene rings is 1. The van der Waals surface area contributed by atoms with Crippen molar-refractivity contribution >= 4 is 22.2 Å². The molecule has 3 nitrogen and oxygen atoms in total. The van der Waals surface area contributed by atoms with E-state index >= 15 is 0 Å². The highest BCUT2D eigenvalue weighted by atomic mass is 32.1. The van der Waals surface area contributed by atoms with Crippen LogP contribution in [0.1, 0.15) is 30.2 Å². The summed E-state index contributed by atoms with van der Waals surface area (Å²) in [6.45, 7) is 5.87. The Morgan fingerprint density at radius 3 is 2.72 bits per heavy atom. The predicted octanol–water partition coefficient (Wildman–Crippen LogP) is 4.16. The van der Waals surface area contributed by atoms with E-state index in [1.54, 1.807) is 6.07 Å². The number of aryl methyl sites for hydroxylation is 1. The second-order valence-electron chi connectivity index (χ2n) is 4.45. The molecular weight excluding hydrogens is 251 g/mol. The fraction of sp³-hybridized carbons (Fsp3) is 0.308. The minimum absolute atomic E-state index is 0.0477. The maximum atomic E-state index is 13.2. The van der Waals surface area contributed by atoms with Gasteiger partial charge in [-0.2, -0.15) is 4.98 Å². The summed E-state index contributed by atoms with van der Waals surface area (Å²) in [5.74, 6) is -0.0360. The van der Waals surface area contributed by atoms with E-state index in [1.165, 1.54) is 23.5 Å². The summed E-state index contributed by atoms with van der Waals surface area (Å²) in [6.07, 6.45) is 0. The van der Waals surface area contributed by atoms with Gasteiger partial charge < -0.3 is 10.4 Å². The molecule has 0 aliphatic rings. The lowest BCUT2D eigenvalue weighted by Gasteiger charge is -2.06. The van der Waals surface area contributed by atoms with Gasteiger partial charge in [0.15, 0.2) is 5.13 Å². The van der Waals surface area contributed by atoms with E-state index in [1.807, 2.05) is 20.8 Å². The van der Waals surface area contributed by atoms with Crippen molar-refractivity contribution in [3.8, 4) is 5.88 Å². The Hall–Kier alpha value is -1.62. The van der Waals surface area contributed by atoms with Crippen LogP contribution in [0.3, 0.4) is 0 Å². The topological polar surface area (TPSA) is 45.2 Å². The smallest absolute Gasteiger partial charge is 0.227 e. The number of nitrogens with one attached hydrogen (secondary N) is 1. The summed E-state index contributed by atoms with van der Waals surface area (Å²) < 4.78 is 13.2. The van der Waals surface area contributed by atoms with Crippen molar-refractivity contribution in [1.82, 2.24) is 4.98 Å². The van der Waals surface area contributed by atoms with E-state index in [9.17, 15) is 9.50 Å². The van der Waals surface area contributed by atoms with Crippen molar-refractivity contribution in [1.29, 1.82) is 0 Å². The highest BCUT2D eigenvalue weighted by Crippen LogP contribution is 2.35. The van der Waals surface area contributed by atoms with Crippen molar-refractivity contribution in [2.24, 2.45) is 0 Å². The monoisotopic (exact) mass is 266 g/mol. The van der Waals surface area contributed by atoms with Crippen molar-refractivity contribution in [3.05, 3.63) is 34.5 Å². The molecular formula is C13H15FN2OS. The van der Waals surface area contributed by atoms with Crippen LogP contribution in [-0.4, -0.2) is 10.1 Å². The van der Waals surface area contributed by atoms with Crippen LogP contribution in [0.25, 0.3) is 0 Å². The zero-order valence-corrected chi connectivity index (χ0v) is 11.3. The van der Waals surface area contributed by atoms with Crippen molar-refractivity contribution in [3.63, 3.8) is 0 Å². The second kappa shape index (κ2) is 4.94. The summed E-state index contributed by atoms with van der Waals surface area (Å²) in [5.41, 5.74) is 1.59. The number of halogens is 1. The molecule has 1 heterocycles. The molecule has 0 amide bonds. The first-order valence-corrected chi connectivity index (χ1v) is 6.52. The third-order valence-electron chi connectivity index (χ3n) is 2.60. The van der Waals surface area contributed by atoms with Gasteiger partial charge in [0.05, 0.1) is 4.88 Å². The number of thiazole rings is 1. The zero-order valence-electron chi connectivity index (χ0n) is 10.5. The number of nitrogens with zero attached hydrogens (tertiary/aromatic N) is 1. The SMILES string of the molecule is Cc1ccc(F)cc1Nc1nc(O)c(C(C)C)s1. The maximum Gasteiger partial charge on any atom is 0.227 e. The predicted molar refractivity (Wildman–Crippen MR) is 72.3 cm³/mol. The minimum Gasteiger partial charge on any atom is -0.492 e. The number of hydrogen-bond acceptors (Lipinski definition) is 4. The minimum atomic E-state index is -0.298. The maximum absolute atomic E-state index is 13.2. The molecule has 0 aliphatic heterocycles. The normalized spacial score (nSPS) is 10.9.